The normalized spacial score (nSPS) is 10.4. The second kappa shape index (κ2) is 9.09. The molecule has 0 saturated carbocycles. The zero-order valence-corrected chi connectivity index (χ0v) is 13.4. The van der Waals surface area contributed by atoms with Crippen LogP contribution in [-0.4, -0.2) is 25.1 Å². The molecule has 0 heterocycles. The number of hydrazone groups is 1. The first kappa shape index (κ1) is 17.2. The van der Waals surface area contributed by atoms with E-state index in [1.165, 1.54) is 6.21 Å². The zero-order chi connectivity index (χ0) is 17.2. The fraction of sp³-hybridized carbons (Fsp3) is 0.167. The van der Waals surface area contributed by atoms with Gasteiger partial charge in [0.2, 0.25) is 11.8 Å². The van der Waals surface area contributed by atoms with Crippen molar-refractivity contribution in [2.75, 3.05) is 12.4 Å². The van der Waals surface area contributed by atoms with Crippen LogP contribution in [0.25, 0.3) is 0 Å². The highest BCUT2D eigenvalue weighted by Gasteiger charge is 2.06. The van der Waals surface area contributed by atoms with Crippen LogP contribution in [0.3, 0.4) is 0 Å². The van der Waals surface area contributed by atoms with Crippen LogP contribution in [0, 0.1) is 0 Å². The summed E-state index contributed by atoms with van der Waals surface area (Å²) in [6, 6.07) is 16.4. The van der Waals surface area contributed by atoms with Crippen molar-refractivity contribution in [3.8, 4) is 5.75 Å². The number of hydrogen-bond donors (Lipinski definition) is 2. The van der Waals surface area contributed by atoms with Crippen molar-refractivity contribution < 1.29 is 14.3 Å². The molecule has 2 rings (SSSR count). The summed E-state index contributed by atoms with van der Waals surface area (Å²) in [5.74, 6) is 0.118. The Balaban J connectivity index is 1.75. The molecule has 0 bridgehead atoms. The summed E-state index contributed by atoms with van der Waals surface area (Å²) in [6.45, 7) is 0. The van der Waals surface area contributed by atoms with Gasteiger partial charge in [0.1, 0.15) is 5.75 Å². The summed E-state index contributed by atoms with van der Waals surface area (Å²) in [6.07, 6.45) is 1.65. The Morgan fingerprint density at radius 1 is 1.00 bits per heavy atom. The summed E-state index contributed by atoms with van der Waals surface area (Å²) in [5.41, 5.74) is 3.85. The first-order valence-electron chi connectivity index (χ1n) is 7.49. The number of nitrogens with one attached hydrogen (secondary N) is 2. The number of anilines is 1. The van der Waals surface area contributed by atoms with Crippen molar-refractivity contribution in [1.29, 1.82) is 0 Å². The van der Waals surface area contributed by atoms with Crippen LogP contribution in [0.15, 0.2) is 59.7 Å². The van der Waals surface area contributed by atoms with E-state index in [4.69, 9.17) is 4.74 Å². The van der Waals surface area contributed by atoms with Gasteiger partial charge in [-0.15, -0.1) is 0 Å². The number of amides is 2. The average molecular weight is 325 g/mol. The van der Waals surface area contributed by atoms with Crippen LogP contribution in [0.4, 0.5) is 5.69 Å². The van der Waals surface area contributed by atoms with Gasteiger partial charge in [0.15, 0.2) is 0 Å². The lowest BCUT2D eigenvalue weighted by molar-refractivity contribution is -0.124. The van der Waals surface area contributed by atoms with E-state index < -0.39 is 0 Å². The predicted octanol–water partition coefficient (Wildman–Crippen LogP) is 2.56. The van der Waals surface area contributed by atoms with Gasteiger partial charge in [0.05, 0.1) is 13.3 Å². The molecular weight excluding hydrogens is 306 g/mol. The molecule has 6 nitrogen and oxygen atoms in total. The monoisotopic (exact) mass is 325 g/mol. The fourth-order valence-electron chi connectivity index (χ4n) is 1.97. The van der Waals surface area contributed by atoms with Crippen LogP contribution < -0.4 is 15.5 Å². The molecule has 0 aliphatic heterocycles. The molecule has 2 N–H and O–H groups in total. The number of benzene rings is 2. The van der Waals surface area contributed by atoms with Crippen LogP contribution in [0.5, 0.6) is 5.75 Å². The lowest BCUT2D eigenvalue weighted by atomic mass is 10.2. The lowest BCUT2D eigenvalue weighted by Crippen LogP contribution is -2.20. The van der Waals surface area contributed by atoms with Gasteiger partial charge in [0.25, 0.3) is 0 Å². The van der Waals surface area contributed by atoms with Gasteiger partial charge in [-0.3, -0.25) is 9.59 Å². The number of hydrogen-bond acceptors (Lipinski definition) is 4. The van der Waals surface area contributed by atoms with Gasteiger partial charge in [-0.1, -0.05) is 30.3 Å². The van der Waals surface area contributed by atoms with E-state index in [0.717, 1.165) is 5.56 Å². The molecular formula is C18H19N3O3. The average Bonchev–Trinajstić information content (AvgIpc) is 2.61. The maximum absolute atomic E-state index is 11.7. The van der Waals surface area contributed by atoms with Crippen molar-refractivity contribution in [2.24, 2.45) is 5.10 Å². The molecule has 0 saturated heterocycles. The predicted molar refractivity (Wildman–Crippen MR) is 93.0 cm³/mol. The summed E-state index contributed by atoms with van der Waals surface area (Å²) in [4.78, 5) is 23.5. The minimum Gasteiger partial charge on any atom is -0.496 e. The number of ether oxygens (including phenoxy) is 1. The molecule has 0 radical (unpaired) electrons. The first-order valence-corrected chi connectivity index (χ1v) is 7.49. The summed E-state index contributed by atoms with van der Waals surface area (Å²) in [7, 11) is 1.57. The van der Waals surface area contributed by atoms with Crippen LogP contribution in [0.2, 0.25) is 0 Å². The van der Waals surface area contributed by atoms with Crippen LogP contribution in [0.1, 0.15) is 18.4 Å². The SMILES string of the molecule is COc1ccccc1/C=N\NC(=O)CCC(=O)Nc1ccccc1. The first-order chi connectivity index (χ1) is 11.7. The van der Waals surface area contributed by atoms with Gasteiger partial charge >= 0.3 is 0 Å². The van der Waals surface area contributed by atoms with Crippen molar-refractivity contribution >= 4 is 23.7 Å². The van der Waals surface area contributed by atoms with Gasteiger partial charge in [0, 0.05) is 24.1 Å². The van der Waals surface area contributed by atoms with Crippen LogP contribution in [-0.2, 0) is 9.59 Å². The number of carbonyl (C=O) groups excluding carboxylic acids is 2. The zero-order valence-electron chi connectivity index (χ0n) is 13.4. The Morgan fingerprint density at radius 2 is 1.67 bits per heavy atom. The second-order valence-corrected chi connectivity index (χ2v) is 4.95. The minimum atomic E-state index is -0.329. The lowest BCUT2D eigenvalue weighted by Gasteiger charge is -2.05. The summed E-state index contributed by atoms with van der Waals surface area (Å²) < 4.78 is 5.18. The van der Waals surface area contributed by atoms with Crippen molar-refractivity contribution in [2.45, 2.75) is 12.8 Å². The quantitative estimate of drug-likeness (QED) is 0.606. The third kappa shape index (κ3) is 5.57. The highest BCUT2D eigenvalue weighted by atomic mass is 16.5. The molecule has 0 aliphatic rings. The van der Waals surface area contributed by atoms with Crippen molar-refractivity contribution in [3.05, 3.63) is 60.2 Å². The molecule has 124 valence electrons. The molecule has 2 aromatic rings. The van der Waals surface area contributed by atoms with Crippen LogP contribution >= 0.6 is 0 Å². The number of nitrogens with zero attached hydrogens (tertiary/aromatic N) is 1. The van der Waals surface area contributed by atoms with E-state index in [2.05, 4.69) is 15.8 Å². The van der Waals surface area contributed by atoms with Gasteiger partial charge < -0.3 is 10.1 Å². The maximum Gasteiger partial charge on any atom is 0.240 e. The van der Waals surface area contributed by atoms with Gasteiger partial charge in [-0.25, -0.2) is 5.43 Å². The molecule has 6 heteroatoms. The number of carbonyl (C=O) groups is 2. The van der Waals surface area contributed by atoms with E-state index in [1.54, 1.807) is 25.3 Å². The van der Waals surface area contributed by atoms with Crippen molar-refractivity contribution in [3.63, 3.8) is 0 Å². The fourth-order valence-corrected chi connectivity index (χ4v) is 1.97. The molecule has 0 spiro atoms. The van der Waals surface area contributed by atoms with E-state index in [1.807, 2.05) is 36.4 Å². The molecule has 0 fully saturated rings. The van der Waals surface area contributed by atoms with Gasteiger partial charge in [-0.2, -0.15) is 5.10 Å². The Kier molecular flexibility index (Phi) is 6.52. The number of methoxy groups -OCH3 is 1. The highest BCUT2D eigenvalue weighted by Crippen LogP contribution is 2.14. The van der Waals surface area contributed by atoms with E-state index in [-0.39, 0.29) is 24.7 Å². The third-order valence-corrected chi connectivity index (χ3v) is 3.17. The highest BCUT2D eigenvalue weighted by molar-refractivity contribution is 5.93. The molecule has 2 amide bonds. The standard InChI is InChI=1S/C18H19N3O3/c1-24-16-10-6-5-7-14(16)13-19-21-18(23)12-11-17(22)20-15-8-3-2-4-9-15/h2-10,13H,11-12H2,1H3,(H,20,22)(H,21,23)/b19-13-. The second-order valence-electron chi connectivity index (χ2n) is 4.95. The van der Waals surface area contributed by atoms with E-state index >= 15 is 0 Å². The Bertz CT molecular complexity index is 714. The van der Waals surface area contributed by atoms with E-state index in [9.17, 15) is 9.59 Å². The third-order valence-electron chi connectivity index (χ3n) is 3.17. The smallest absolute Gasteiger partial charge is 0.240 e. The summed E-state index contributed by atoms with van der Waals surface area (Å²) >= 11 is 0. The molecule has 0 atom stereocenters. The molecule has 0 unspecified atom stereocenters. The number of rotatable bonds is 7. The molecule has 0 aliphatic carbocycles. The molecule has 2 aromatic carbocycles. The van der Waals surface area contributed by atoms with E-state index in [0.29, 0.717) is 11.4 Å². The Morgan fingerprint density at radius 3 is 2.42 bits per heavy atom. The van der Waals surface area contributed by atoms with Crippen molar-refractivity contribution in [1.82, 2.24) is 5.43 Å². The topological polar surface area (TPSA) is 79.8 Å². The summed E-state index contributed by atoms with van der Waals surface area (Å²) in [5, 5.41) is 6.60. The minimum absolute atomic E-state index is 0.0575. The molecule has 0 aromatic heterocycles. The Hall–Kier alpha value is -3.15. The molecule has 24 heavy (non-hydrogen) atoms. The number of para-hydroxylation sites is 2. The van der Waals surface area contributed by atoms with Gasteiger partial charge in [-0.05, 0) is 24.3 Å². The Labute approximate surface area is 140 Å². The maximum atomic E-state index is 11.7. The largest absolute Gasteiger partial charge is 0.496 e.